The first-order chi connectivity index (χ1) is 3.98. The van der Waals surface area contributed by atoms with E-state index in [0.29, 0.717) is 0 Å². The van der Waals surface area contributed by atoms with Gasteiger partial charge in [-0.3, -0.25) is 4.79 Å². The summed E-state index contributed by atoms with van der Waals surface area (Å²) < 4.78 is 22.9. The number of carbonyl (C=O) groups is 1. The summed E-state index contributed by atoms with van der Waals surface area (Å²) in [6, 6.07) is 0. The number of carbonyl (C=O) groups excluding carboxylic acids is 1. The van der Waals surface area contributed by atoms with Gasteiger partial charge in [0.2, 0.25) is 10.0 Å². The number of hydrogen-bond donors (Lipinski definition) is 1. The maximum atomic E-state index is 10.5. The van der Waals surface area contributed by atoms with Crippen LogP contribution in [0.15, 0.2) is 0 Å². The van der Waals surface area contributed by atoms with E-state index < -0.39 is 21.3 Å². The third-order valence-electron chi connectivity index (χ3n) is 0.643. The minimum absolute atomic E-state index is 0.440. The molecule has 0 aliphatic heterocycles. The lowest BCUT2D eigenvalue weighted by molar-refractivity contribution is -0.108. The number of rotatable bonds is 3. The lowest BCUT2D eigenvalue weighted by Crippen LogP contribution is -2.24. The SMILES string of the molecule is CNS(=O)(=O)CC(=O)P. The van der Waals surface area contributed by atoms with Crippen molar-refractivity contribution < 1.29 is 13.2 Å². The third kappa shape index (κ3) is 4.51. The molecule has 0 aliphatic carbocycles. The average Bonchev–Trinajstić information content (AvgIpc) is 1.63. The van der Waals surface area contributed by atoms with Crippen molar-refractivity contribution in [2.75, 3.05) is 12.8 Å². The van der Waals surface area contributed by atoms with Crippen LogP contribution >= 0.6 is 9.24 Å². The molecule has 1 atom stereocenters. The van der Waals surface area contributed by atoms with Crippen LogP contribution in [-0.4, -0.2) is 26.7 Å². The first-order valence-corrected chi connectivity index (χ1v) is 4.40. The summed E-state index contributed by atoms with van der Waals surface area (Å²) in [5.41, 5.74) is -0.440. The van der Waals surface area contributed by atoms with Gasteiger partial charge in [0, 0.05) is 0 Å². The molecule has 0 radical (unpaired) electrons. The van der Waals surface area contributed by atoms with E-state index in [4.69, 9.17) is 0 Å². The maximum absolute atomic E-state index is 10.5. The van der Waals surface area contributed by atoms with E-state index in [9.17, 15) is 13.2 Å². The summed E-state index contributed by atoms with van der Waals surface area (Å²) in [4.78, 5) is 10.2. The van der Waals surface area contributed by atoms with Gasteiger partial charge in [-0.2, -0.15) is 0 Å². The molecule has 0 spiro atoms. The Morgan fingerprint density at radius 3 is 2.22 bits per heavy atom. The van der Waals surface area contributed by atoms with E-state index in [2.05, 4.69) is 0 Å². The van der Waals surface area contributed by atoms with Crippen molar-refractivity contribution in [3.8, 4) is 0 Å². The van der Waals surface area contributed by atoms with E-state index >= 15 is 0 Å². The molecule has 1 N–H and O–H groups in total. The van der Waals surface area contributed by atoms with Crippen molar-refractivity contribution in [3.63, 3.8) is 0 Å². The van der Waals surface area contributed by atoms with Crippen LogP contribution < -0.4 is 4.72 Å². The maximum Gasteiger partial charge on any atom is 0.218 e. The van der Waals surface area contributed by atoms with Crippen LogP contribution in [0.2, 0.25) is 0 Å². The molecule has 4 nitrogen and oxygen atoms in total. The number of nitrogens with one attached hydrogen (secondary N) is 1. The highest BCUT2D eigenvalue weighted by Gasteiger charge is 2.08. The predicted molar refractivity (Wildman–Crippen MR) is 37.6 cm³/mol. The second kappa shape index (κ2) is 3.25. The zero-order chi connectivity index (χ0) is 7.49. The van der Waals surface area contributed by atoms with Crippen LogP contribution in [0.1, 0.15) is 0 Å². The highest BCUT2D eigenvalue weighted by atomic mass is 32.2. The molecule has 9 heavy (non-hydrogen) atoms. The smallest absolute Gasteiger partial charge is 0.218 e. The zero-order valence-electron chi connectivity index (χ0n) is 4.92. The first-order valence-electron chi connectivity index (χ1n) is 2.17. The Morgan fingerprint density at radius 1 is 1.67 bits per heavy atom. The van der Waals surface area contributed by atoms with E-state index in [1.807, 2.05) is 4.72 Å². The van der Waals surface area contributed by atoms with Crippen LogP contribution in [0.5, 0.6) is 0 Å². The molecule has 0 aromatic heterocycles. The van der Waals surface area contributed by atoms with Gasteiger partial charge >= 0.3 is 0 Å². The van der Waals surface area contributed by atoms with Crippen LogP contribution in [-0.2, 0) is 14.8 Å². The number of hydrogen-bond acceptors (Lipinski definition) is 3. The van der Waals surface area contributed by atoms with Gasteiger partial charge in [0.15, 0.2) is 5.52 Å². The van der Waals surface area contributed by atoms with Crippen molar-refractivity contribution in [2.45, 2.75) is 0 Å². The molecular formula is C3H8NO3PS. The Hall–Kier alpha value is 0.01000. The van der Waals surface area contributed by atoms with Gasteiger partial charge in [-0.1, -0.05) is 9.24 Å². The Labute approximate surface area is 56.3 Å². The Balaban J connectivity index is 4.06. The quantitative estimate of drug-likeness (QED) is 0.547. The summed E-state index contributed by atoms with van der Waals surface area (Å²) in [5, 5.41) is 0. The molecule has 0 aromatic carbocycles. The summed E-state index contributed by atoms with van der Waals surface area (Å²) >= 11 is 0. The fourth-order valence-electron chi connectivity index (χ4n) is 0.259. The Bertz CT molecular complexity index is 197. The Kier molecular flexibility index (Phi) is 3.25. The molecule has 6 heteroatoms. The van der Waals surface area contributed by atoms with Gasteiger partial charge < -0.3 is 0 Å². The molecular weight excluding hydrogens is 161 g/mol. The first kappa shape index (κ1) is 9.01. The van der Waals surface area contributed by atoms with Crippen molar-refractivity contribution in [1.82, 2.24) is 4.72 Å². The highest BCUT2D eigenvalue weighted by molar-refractivity contribution is 7.90. The van der Waals surface area contributed by atoms with Crippen molar-refractivity contribution in [3.05, 3.63) is 0 Å². The predicted octanol–water partition coefficient (Wildman–Crippen LogP) is -1.06. The largest absolute Gasteiger partial charge is 0.294 e. The van der Waals surface area contributed by atoms with E-state index in [0.717, 1.165) is 0 Å². The molecule has 0 aliphatic rings. The summed E-state index contributed by atoms with van der Waals surface area (Å²) in [6.45, 7) is 0. The Morgan fingerprint density at radius 2 is 2.11 bits per heavy atom. The minimum atomic E-state index is -3.34. The van der Waals surface area contributed by atoms with E-state index in [1.165, 1.54) is 7.05 Å². The molecule has 0 heterocycles. The monoisotopic (exact) mass is 169 g/mol. The lowest BCUT2D eigenvalue weighted by Gasteiger charge is -1.95. The van der Waals surface area contributed by atoms with Crippen LogP contribution in [0.4, 0.5) is 0 Å². The molecule has 54 valence electrons. The highest BCUT2D eigenvalue weighted by Crippen LogP contribution is 1.89. The van der Waals surface area contributed by atoms with Crippen LogP contribution in [0.3, 0.4) is 0 Å². The lowest BCUT2D eigenvalue weighted by atomic mass is 10.9. The fourth-order valence-corrected chi connectivity index (χ4v) is 1.44. The van der Waals surface area contributed by atoms with Crippen molar-refractivity contribution in [2.24, 2.45) is 0 Å². The van der Waals surface area contributed by atoms with E-state index in [1.54, 1.807) is 9.24 Å². The molecule has 1 unspecified atom stereocenters. The summed E-state index contributed by atoms with van der Waals surface area (Å²) in [7, 11) is -0.280. The van der Waals surface area contributed by atoms with Gasteiger partial charge in [-0.15, -0.1) is 0 Å². The standard InChI is InChI=1S/C3H8NO3PS/c1-4-9(6,7)2-3(5)8/h4H,2,8H2,1H3. The summed E-state index contributed by atoms with van der Waals surface area (Å²) in [6.07, 6.45) is 0. The molecule has 0 fully saturated rings. The van der Waals surface area contributed by atoms with Gasteiger partial charge in [0.25, 0.3) is 0 Å². The van der Waals surface area contributed by atoms with Crippen molar-refractivity contribution >= 4 is 24.8 Å². The molecule has 0 aromatic rings. The summed E-state index contributed by atoms with van der Waals surface area (Å²) in [5.74, 6) is -0.464. The van der Waals surface area contributed by atoms with Crippen LogP contribution in [0.25, 0.3) is 0 Å². The van der Waals surface area contributed by atoms with E-state index in [-0.39, 0.29) is 0 Å². The third-order valence-corrected chi connectivity index (χ3v) is 2.43. The minimum Gasteiger partial charge on any atom is -0.294 e. The van der Waals surface area contributed by atoms with Crippen molar-refractivity contribution in [1.29, 1.82) is 0 Å². The second-order valence-corrected chi connectivity index (χ2v) is 4.00. The molecule has 0 amide bonds. The zero-order valence-corrected chi connectivity index (χ0v) is 6.89. The molecule has 0 saturated carbocycles. The molecule has 0 saturated heterocycles. The number of sulfonamides is 1. The normalized spacial score (nSPS) is 11.3. The molecule has 0 rings (SSSR count). The topological polar surface area (TPSA) is 63.2 Å². The molecule has 0 bridgehead atoms. The van der Waals surface area contributed by atoms with Gasteiger partial charge in [-0.05, 0) is 7.05 Å². The van der Waals surface area contributed by atoms with Crippen LogP contribution in [0, 0.1) is 0 Å². The van der Waals surface area contributed by atoms with Gasteiger partial charge in [0.1, 0.15) is 5.75 Å². The fraction of sp³-hybridized carbons (Fsp3) is 0.667. The average molecular weight is 169 g/mol. The second-order valence-electron chi connectivity index (χ2n) is 1.43. The van der Waals surface area contributed by atoms with Gasteiger partial charge in [0.05, 0.1) is 0 Å². The van der Waals surface area contributed by atoms with Gasteiger partial charge in [-0.25, -0.2) is 13.1 Å².